The van der Waals surface area contributed by atoms with Crippen LogP contribution in [0.2, 0.25) is 0 Å². The SMILES string of the molecule is CC(C)(C)OCCNC(=O)n1cc(F)c(=O)[nH]c1=O.CC(C)(C)OCOC(=O)N1C=C(F)C(=O)CC1=O.CC(C)(C)Oc1ccc(COC(=O)CCN2C=C(F)C(=O)CC2=O)cc1.CC(C)(C)Oc1ccc(COC(=O)N2C=C(F)C(=O)CC2=O)cc1. The number of aromatic nitrogens is 2. The summed E-state index contributed by atoms with van der Waals surface area (Å²) in [7, 11) is 0. The topological polar surface area (TPSA) is 312 Å². The first-order chi connectivity index (χ1) is 40.2. The number of ketones is 3. The first-order valence-electron chi connectivity index (χ1n) is 26.5. The highest BCUT2D eigenvalue weighted by Gasteiger charge is 2.33. The van der Waals surface area contributed by atoms with Crippen LogP contribution in [-0.4, -0.2) is 132 Å². The third kappa shape index (κ3) is 26.8. The lowest BCUT2D eigenvalue weighted by atomic mass is 10.1. The summed E-state index contributed by atoms with van der Waals surface area (Å²) in [5.74, 6) is -8.51. The lowest BCUT2D eigenvalue weighted by molar-refractivity contribution is -0.146. The van der Waals surface area contributed by atoms with Crippen LogP contribution in [0.1, 0.15) is 120 Å². The molecule has 0 aliphatic carbocycles. The molecule has 0 fully saturated rings. The molecule has 29 heteroatoms. The molecule has 0 spiro atoms. The quantitative estimate of drug-likeness (QED) is 0.0392. The molecule has 3 aromatic rings. The largest absolute Gasteiger partial charge is 0.488 e. The van der Waals surface area contributed by atoms with Gasteiger partial charge in [-0.3, -0.25) is 43.3 Å². The number of halogens is 4. The van der Waals surface area contributed by atoms with Crippen LogP contribution in [0.25, 0.3) is 0 Å². The smallest absolute Gasteiger partial charge is 0.422 e. The fourth-order valence-electron chi connectivity index (χ4n) is 6.43. The van der Waals surface area contributed by atoms with E-state index in [1.807, 2.05) is 62.3 Å². The van der Waals surface area contributed by atoms with Gasteiger partial charge in [0.05, 0.1) is 62.1 Å². The molecule has 0 bridgehead atoms. The maximum atomic E-state index is 13.2. The molecule has 0 saturated heterocycles. The van der Waals surface area contributed by atoms with Gasteiger partial charge in [-0.05, 0) is 118 Å². The highest BCUT2D eigenvalue weighted by atomic mass is 19.1. The summed E-state index contributed by atoms with van der Waals surface area (Å²) in [4.78, 5) is 140. The summed E-state index contributed by atoms with van der Waals surface area (Å²) in [5, 5.41) is 2.37. The zero-order chi connectivity index (χ0) is 65.8. The molecule has 474 valence electrons. The maximum absolute atomic E-state index is 13.2. The Morgan fingerprint density at radius 3 is 1.41 bits per heavy atom. The minimum Gasteiger partial charge on any atom is -0.488 e. The van der Waals surface area contributed by atoms with E-state index in [0.29, 0.717) is 44.3 Å². The Balaban J connectivity index is 0.000000307. The third-order valence-corrected chi connectivity index (χ3v) is 10.5. The van der Waals surface area contributed by atoms with Crippen LogP contribution in [0.4, 0.5) is 31.9 Å². The number of benzene rings is 2. The molecule has 3 aliphatic rings. The summed E-state index contributed by atoms with van der Waals surface area (Å²) >= 11 is 0. The molecule has 25 nitrogen and oxygen atoms in total. The van der Waals surface area contributed by atoms with Crippen LogP contribution in [0.3, 0.4) is 0 Å². The molecule has 2 N–H and O–H groups in total. The van der Waals surface area contributed by atoms with E-state index in [4.69, 9.17) is 28.4 Å². The predicted molar refractivity (Wildman–Crippen MR) is 298 cm³/mol. The number of allylic oxidation sites excluding steroid dienone is 3. The number of rotatable bonds is 14. The van der Waals surface area contributed by atoms with Crippen molar-refractivity contribution >= 4 is 59.3 Å². The van der Waals surface area contributed by atoms with Gasteiger partial charge in [-0.1, -0.05) is 24.3 Å². The van der Waals surface area contributed by atoms with Gasteiger partial charge in [0.15, 0.2) is 24.3 Å². The molecular formula is C58H70F4N6O19. The second-order valence-corrected chi connectivity index (χ2v) is 22.6. The Kier molecular flexibility index (Phi) is 26.4. The number of hydrogen-bond donors (Lipinski definition) is 2. The molecule has 0 unspecified atom stereocenters. The van der Waals surface area contributed by atoms with Gasteiger partial charge < -0.3 is 43.4 Å². The van der Waals surface area contributed by atoms with Crippen LogP contribution < -0.4 is 26.0 Å². The second-order valence-electron chi connectivity index (χ2n) is 22.6. The van der Waals surface area contributed by atoms with Crippen molar-refractivity contribution < 1.29 is 98.7 Å². The number of amides is 6. The number of carbonyl (C=O) groups excluding carboxylic acids is 10. The molecule has 0 saturated carbocycles. The Bertz CT molecular complexity index is 3240. The highest BCUT2D eigenvalue weighted by molar-refractivity contribution is 6.13. The van der Waals surface area contributed by atoms with Gasteiger partial charge in [0.1, 0.15) is 35.9 Å². The summed E-state index contributed by atoms with van der Waals surface area (Å²) < 4.78 is 89.4. The number of H-pyrrole nitrogens is 1. The Labute approximate surface area is 497 Å². The van der Waals surface area contributed by atoms with Crippen molar-refractivity contribution in [2.24, 2.45) is 0 Å². The molecular weight excluding hydrogens is 1160 g/mol. The Morgan fingerprint density at radius 2 is 0.966 bits per heavy atom. The van der Waals surface area contributed by atoms with E-state index in [-0.39, 0.29) is 62.9 Å². The second kappa shape index (κ2) is 31.9. The van der Waals surface area contributed by atoms with Gasteiger partial charge in [0, 0.05) is 19.3 Å². The van der Waals surface area contributed by atoms with Gasteiger partial charge in [-0.2, -0.15) is 4.39 Å². The number of carbonyl (C=O) groups is 10. The number of aromatic amines is 1. The number of esters is 1. The standard InChI is InChI=1S/C19H22FNO5.C17H18FNO5.C11H16FN3O4.C11H14FNO5/c1-19(2,3)26-14-6-4-13(5-7-14)12-25-18(24)8-9-21-11-15(20)16(22)10-17(21)23;1-17(2,3)24-12-6-4-11(5-7-12)10-23-16(22)19-9-13(18)14(20)8-15(19)21;1-11(2,3)19-5-4-13-9(17)15-6-7(12)8(16)14-10(15)18;1-11(2,3)18-6-17-10(16)13-5-7(12)8(14)4-9(13)15/h4-7,11H,8-10,12H2,1-3H3;4-7,9H,8,10H2,1-3H3;6H,4-5H2,1-3H3,(H,13,17)(H,14,16,18);5H,4,6H2,1-3H3. The minimum absolute atomic E-state index is 0.0310. The van der Waals surface area contributed by atoms with Gasteiger partial charge >= 0.3 is 29.9 Å². The van der Waals surface area contributed by atoms with Crippen LogP contribution in [0, 0.1) is 5.82 Å². The number of nitrogens with one attached hydrogen (secondary N) is 2. The molecule has 4 heterocycles. The van der Waals surface area contributed by atoms with E-state index in [1.165, 1.54) is 0 Å². The van der Waals surface area contributed by atoms with Crippen LogP contribution in [0.15, 0.2) is 100 Å². The van der Waals surface area contributed by atoms with Crippen molar-refractivity contribution in [3.63, 3.8) is 0 Å². The first-order valence-corrected chi connectivity index (χ1v) is 26.5. The average Bonchev–Trinajstić information content (AvgIpc) is 2.34. The number of hydrogen-bond acceptors (Lipinski definition) is 19. The van der Waals surface area contributed by atoms with Crippen molar-refractivity contribution in [1.29, 1.82) is 0 Å². The van der Waals surface area contributed by atoms with Crippen molar-refractivity contribution in [2.45, 2.75) is 144 Å². The number of Topliss-reactive ketones (excluding diaryl/α,β-unsaturated/α-hetero) is 3. The Hall–Kier alpha value is -9.12. The first kappa shape index (κ1) is 72.1. The predicted octanol–water partition coefficient (Wildman–Crippen LogP) is 7.58. The molecule has 0 radical (unpaired) electrons. The lowest BCUT2D eigenvalue weighted by Gasteiger charge is -2.22. The summed E-state index contributed by atoms with van der Waals surface area (Å²) in [6, 6.07) is 13.3. The number of nitrogens with zero attached hydrogens (tertiary/aromatic N) is 4. The summed E-state index contributed by atoms with van der Waals surface area (Å²) in [5.41, 5.74) is -2.16. The molecule has 6 amide bonds. The van der Waals surface area contributed by atoms with Gasteiger partial charge in [0.2, 0.25) is 40.9 Å². The fraction of sp³-hybridized carbons (Fsp3) is 0.448. The van der Waals surface area contributed by atoms with Crippen LogP contribution in [0.5, 0.6) is 11.5 Å². The van der Waals surface area contributed by atoms with Crippen LogP contribution >= 0.6 is 0 Å². The maximum Gasteiger partial charge on any atom is 0.422 e. The average molecular weight is 1230 g/mol. The van der Waals surface area contributed by atoms with Crippen molar-refractivity contribution in [1.82, 2.24) is 29.6 Å². The zero-order valence-corrected chi connectivity index (χ0v) is 50.1. The molecule has 87 heavy (non-hydrogen) atoms. The molecule has 6 rings (SSSR count). The normalized spacial score (nSPS) is 14.6. The van der Waals surface area contributed by atoms with E-state index in [1.54, 1.807) is 74.3 Å². The van der Waals surface area contributed by atoms with Gasteiger partial charge in [-0.25, -0.2) is 46.7 Å². The minimum atomic E-state index is -1.21. The summed E-state index contributed by atoms with van der Waals surface area (Å²) in [6.45, 7) is 22.5. The van der Waals surface area contributed by atoms with E-state index in [0.717, 1.165) is 22.4 Å². The molecule has 0 atom stereocenters. The zero-order valence-electron chi connectivity index (χ0n) is 50.1. The van der Waals surface area contributed by atoms with Gasteiger partial charge in [-0.15, -0.1) is 0 Å². The Morgan fingerprint density at radius 1 is 0.540 bits per heavy atom. The van der Waals surface area contributed by atoms with E-state index in [9.17, 15) is 75.1 Å². The van der Waals surface area contributed by atoms with E-state index < -0.39 is 119 Å². The molecule has 3 aliphatic heterocycles. The molecule has 2 aromatic carbocycles. The number of ether oxygens (including phenoxy) is 7. The fourth-order valence-corrected chi connectivity index (χ4v) is 6.43. The monoisotopic (exact) mass is 1230 g/mol. The highest BCUT2D eigenvalue weighted by Crippen LogP contribution is 2.22. The van der Waals surface area contributed by atoms with Crippen molar-refractivity contribution in [3.8, 4) is 11.5 Å². The summed E-state index contributed by atoms with van der Waals surface area (Å²) in [6.07, 6.45) is -1.63. The van der Waals surface area contributed by atoms with E-state index >= 15 is 0 Å². The van der Waals surface area contributed by atoms with Crippen molar-refractivity contribution in [2.75, 3.05) is 26.5 Å². The number of imide groups is 2. The lowest BCUT2D eigenvalue weighted by Crippen LogP contribution is -2.42. The van der Waals surface area contributed by atoms with Crippen LogP contribution in [-0.2, 0) is 70.5 Å². The third-order valence-electron chi connectivity index (χ3n) is 10.5. The van der Waals surface area contributed by atoms with Gasteiger partial charge in [0.25, 0.3) is 5.56 Å². The van der Waals surface area contributed by atoms with Crippen molar-refractivity contribution in [3.05, 3.63) is 129 Å². The van der Waals surface area contributed by atoms with E-state index in [2.05, 4.69) is 10.1 Å². The molecule has 1 aromatic heterocycles.